The van der Waals surface area contributed by atoms with Gasteiger partial charge in [-0.05, 0) is 25.0 Å². The number of methoxy groups -OCH3 is 1. The molecule has 5 nitrogen and oxygen atoms in total. The smallest absolute Gasteiger partial charge is 0.238 e. The molecular weight excluding hydrogens is 254 g/mol. The first-order valence-electron chi connectivity index (χ1n) is 6.70. The summed E-state index contributed by atoms with van der Waals surface area (Å²) >= 11 is 0. The summed E-state index contributed by atoms with van der Waals surface area (Å²) in [6.07, 6.45) is 5.88. The zero-order valence-corrected chi connectivity index (χ0v) is 11.4. The Morgan fingerprint density at radius 2 is 2.10 bits per heavy atom. The second-order valence-corrected chi connectivity index (χ2v) is 4.78. The minimum atomic E-state index is 0.494. The number of benzene rings is 1. The Hall–Kier alpha value is -2.14. The van der Waals surface area contributed by atoms with Crippen LogP contribution in [0.3, 0.4) is 0 Å². The number of hydrogen-bond donors (Lipinski definition) is 1. The maximum absolute atomic E-state index is 5.70. The summed E-state index contributed by atoms with van der Waals surface area (Å²) in [5.41, 5.74) is 0.886. The van der Waals surface area contributed by atoms with E-state index in [4.69, 9.17) is 9.47 Å². The monoisotopic (exact) mass is 271 g/mol. The van der Waals surface area contributed by atoms with Gasteiger partial charge in [0.1, 0.15) is 11.5 Å². The van der Waals surface area contributed by atoms with Crippen molar-refractivity contribution < 1.29 is 9.47 Å². The van der Waals surface area contributed by atoms with Crippen LogP contribution in [0.4, 0.5) is 0 Å². The van der Waals surface area contributed by atoms with Crippen LogP contribution in [0.5, 0.6) is 17.4 Å². The van der Waals surface area contributed by atoms with Crippen LogP contribution in [0, 0.1) is 0 Å². The largest absolute Gasteiger partial charge is 0.497 e. The Balaban J connectivity index is 1.67. The molecule has 20 heavy (non-hydrogen) atoms. The molecule has 0 amide bonds. The van der Waals surface area contributed by atoms with Gasteiger partial charge in [0.15, 0.2) is 0 Å². The summed E-state index contributed by atoms with van der Waals surface area (Å²) in [6.45, 7) is 0.729. The van der Waals surface area contributed by atoms with Crippen LogP contribution < -0.4 is 14.8 Å². The highest BCUT2D eigenvalue weighted by molar-refractivity contribution is 5.34. The van der Waals surface area contributed by atoms with E-state index < -0.39 is 0 Å². The molecule has 1 saturated carbocycles. The number of ether oxygens (including phenoxy) is 2. The molecule has 5 heteroatoms. The van der Waals surface area contributed by atoms with Gasteiger partial charge in [-0.1, -0.05) is 6.07 Å². The maximum Gasteiger partial charge on any atom is 0.238 e. The molecule has 1 aromatic heterocycles. The van der Waals surface area contributed by atoms with Crippen LogP contribution >= 0.6 is 0 Å². The number of nitrogens with zero attached hydrogens (tertiary/aromatic N) is 2. The van der Waals surface area contributed by atoms with Gasteiger partial charge in [-0.25, -0.2) is 4.98 Å². The summed E-state index contributed by atoms with van der Waals surface area (Å²) in [5, 5.41) is 3.40. The van der Waals surface area contributed by atoms with E-state index in [-0.39, 0.29) is 0 Å². The van der Waals surface area contributed by atoms with Gasteiger partial charge in [-0.3, -0.25) is 4.98 Å². The van der Waals surface area contributed by atoms with E-state index in [9.17, 15) is 0 Å². The molecule has 3 rings (SSSR count). The minimum absolute atomic E-state index is 0.494. The second kappa shape index (κ2) is 5.88. The fraction of sp³-hybridized carbons (Fsp3) is 0.333. The van der Waals surface area contributed by atoms with E-state index in [1.165, 1.54) is 12.8 Å². The average molecular weight is 271 g/mol. The third kappa shape index (κ3) is 3.45. The topological polar surface area (TPSA) is 56.3 Å². The van der Waals surface area contributed by atoms with Crippen molar-refractivity contribution in [1.82, 2.24) is 15.3 Å². The molecule has 1 fully saturated rings. The van der Waals surface area contributed by atoms with Crippen molar-refractivity contribution in [3.05, 3.63) is 42.4 Å². The van der Waals surface area contributed by atoms with E-state index in [1.807, 2.05) is 24.3 Å². The lowest BCUT2D eigenvalue weighted by atomic mass is 10.3. The van der Waals surface area contributed by atoms with Crippen LogP contribution in [-0.2, 0) is 6.54 Å². The molecule has 0 bridgehead atoms. The summed E-state index contributed by atoms with van der Waals surface area (Å²) in [6, 6.07) is 8.07. The van der Waals surface area contributed by atoms with Crippen molar-refractivity contribution in [1.29, 1.82) is 0 Å². The molecule has 1 heterocycles. The Morgan fingerprint density at radius 3 is 2.90 bits per heavy atom. The maximum atomic E-state index is 5.70. The summed E-state index contributed by atoms with van der Waals surface area (Å²) < 4.78 is 10.9. The van der Waals surface area contributed by atoms with Gasteiger partial charge < -0.3 is 14.8 Å². The fourth-order valence-electron chi connectivity index (χ4n) is 1.84. The molecule has 0 radical (unpaired) electrons. The summed E-state index contributed by atoms with van der Waals surface area (Å²) in [4.78, 5) is 8.60. The highest BCUT2D eigenvalue weighted by atomic mass is 16.5. The van der Waals surface area contributed by atoms with Crippen LogP contribution in [0.1, 0.15) is 18.5 Å². The van der Waals surface area contributed by atoms with E-state index in [0.717, 1.165) is 18.0 Å². The Labute approximate surface area is 118 Å². The summed E-state index contributed by atoms with van der Waals surface area (Å²) in [7, 11) is 1.63. The Bertz CT molecular complexity index is 585. The molecule has 1 aliphatic carbocycles. The fourth-order valence-corrected chi connectivity index (χ4v) is 1.84. The first kappa shape index (κ1) is 12.9. The minimum Gasteiger partial charge on any atom is -0.497 e. The first-order chi connectivity index (χ1) is 9.83. The molecule has 0 spiro atoms. The standard InChI is InChI=1S/C15H17N3O2/c1-19-13-3-2-4-14(7-13)20-15-10-16-8-12(18-15)9-17-11-5-6-11/h2-4,7-8,10-11,17H,5-6,9H2,1H3. The number of hydrogen-bond acceptors (Lipinski definition) is 5. The number of aromatic nitrogens is 2. The lowest BCUT2D eigenvalue weighted by Crippen LogP contribution is -2.16. The van der Waals surface area contributed by atoms with Crippen molar-refractivity contribution >= 4 is 0 Å². The number of rotatable bonds is 6. The van der Waals surface area contributed by atoms with E-state index in [0.29, 0.717) is 17.7 Å². The average Bonchev–Trinajstić information content (AvgIpc) is 3.30. The molecular formula is C15H17N3O2. The normalized spacial score (nSPS) is 14.1. The highest BCUT2D eigenvalue weighted by Gasteiger charge is 2.20. The van der Waals surface area contributed by atoms with Gasteiger partial charge in [-0.15, -0.1) is 0 Å². The Kier molecular flexibility index (Phi) is 3.78. The predicted molar refractivity (Wildman–Crippen MR) is 75.0 cm³/mol. The SMILES string of the molecule is COc1cccc(Oc2cncc(CNC3CC3)n2)c1. The lowest BCUT2D eigenvalue weighted by molar-refractivity contribution is 0.406. The molecule has 104 valence electrons. The van der Waals surface area contributed by atoms with Crippen molar-refractivity contribution in [2.75, 3.05) is 7.11 Å². The molecule has 2 aromatic rings. The predicted octanol–water partition coefficient (Wildman–Crippen LogP) is 2.53. The first-order valence-corrected chi connectivity index (χ1v) is 6.70. The van der Waals surface area contributed by atoms with Crippen LogP contribution in [0.15, 0.2) is 36.7 Å². The van der Waals surface area contributed by atoms with E-state index >= 15 is 0 Å². The van der Waals surface area contributed by atoms with Crippen molar-refractivity contribution in [3.8, 4) is 17.4 Å². The van der Waals surface area contributed by atoms with Gasteiger partial charge in [0, 0.05) is 24.8 Å². The van der Waals surface area contributed by atoms with Crippen LogP contribution in [0.25, 0.3) is 0 Å². The molecule has 0 aliphatic heterocycles. The zero-order chi connectivity index (χ0) is 13.8. The van der Waals surface area contributed by atoms with Crippen molar-refractivity contribution in [2.45, 2.75) is 25.4 Å². The Morgan fingerprint density at radius 1 is 1.25 bits per heavy atom. The zero-order valence-electron chi connectivity index (χ0n) is 11.4. The van der Waals surface area contributed by atoms with Crippen LogP contribution in [0.2, 0.25) is 0 Å². The van der Waals surface area contributed by atoms with Crippen molar-refractivity contribution in [3.63, 3.8) is 0 Å². The summed E-state index contributed by atoms with van der Waals surface area (Å²) in [5.74, 6) is 1.93. The third-order valence-electron chi connectivity index (χ3n) is 3.08. The molecule has 1 aromatic carbocycles. The molecule has 0 unspecified atom stereocenters. The van der Waals surface area contributed by atoms with Crippen molar-refractivity contribution in [2.24, 2.45) is 0 Å². The van der Waals surface area contributed by atoms with E-state index in [1.54, 1.807) is 19.5 Å². The van der Waals surface area contributed by atoms with Gasteiger partial charge >= 0.3 is 0 Å². The van der Waals surface area contributed by atoms with E-state index in [2.05, 4.69) is 15.3 Å². The van der Waals surface area contributed by atoms with Gasteiger partial charge in [0.05, 0.1) is 19.0 Å². The van der Waals surface area contributed by atoms with Gasteiger partial charge in [0.2, 0.25) is 5.88 Å². The molecule has 0 atom stereocenters. The second-order valence-electron chi connectivity index (χ2n) is 4.78. The van der Waals surface area contributed by atoms with Crippen LogP contribution in [-0.4, -0.2) is 23.1 Å². The quantitative estimate of drug-likeness (QED) is 0.875. The van der Waals surface area contributed by atoms with Gasteiger partial charge in [-0.2, -0.15) is 0 Å². The molecule has 0 saturated heterocycles. The van der Waals surface area contributed by atoms with Gasteiger partial charge in [0.25, 0.3) is 0 Å². The molecule has 1 N–H and O–H groups in total. The lowest BCUT2D eigenvalue weighted by Gasteiger charge is -2.07. The molecule has 1 aliphatic rings. The third-order valence-corrected chi connectivity index (χ3v) is 3.08. The highest BCUT2D eigenvalue weighted by Crippen LogP contribution is 2.23. The number of nitrogens with one attached hydrogen (secondary N) is 1.